The molecular formula is C42H59NaO12P+. The fourth-order valence-electron chi connectivity index (χ4n) is 14.9. The fourth-order valence-corrected chi connectivity index (χ4v) is 15.5. The molecule has 0 saturated heterocycles. The monoisotopic (exact) mass is 809 g/mol. The predicted octanol–water partition coefficient (Wildman–Crippen LogP) is 1.73. The van der Waals surface area contributed by atoms with Gasteiger partial charge in [0.25, 0.3) is 0 Å². The van der Waals surface area contributed by atoms with Gasteiger partial charge in [-0.05, 0) is 136 Å². The molecule has 56 heavy (non-hydrogen) atoms. The molecule has 0 heterocycles. The summed E-state index contributed by atoms with van der Waals surface area (Å²) < 4.78 is 23.4. The molecule has 0 amide bonds. The van der Waals surface area contributed by atoms with Crippen LogP contribution in [0.15, 0.2) is 23.3 Å². The van der Waals surface area contributed by atoms with Gasteiger partial charge in [0.2, 0.25) is 0 Å². The standard InChI is InChI=1S/C42H59O12P.Na/c1-37-13-9-25(43)17-23(37)5-7-27-29-11-15-41(49,39(29,3)19-31(45)35(27)37)33(47)21-53-55(51,52)54-22-34(48)42(50)16-12-30-28-8-6-24-18-26(44)10-14-38(24,2)36(28)32(46)20-40(30,42)4;/h17-18,27-32,35-36,45-46,49-50H,5-16,19-22H2,1-4H3,(H,51,52);/q;+1/t27-,28-,29-,30-,31-,32-,35+,36+,37-,38-,39-,40-,41-,42-;/m0./s1. The number of allylic oxidation sites excluding steroid dienone is 2. The third-order valence-corrected chi connectivity index (χ3v) is 18.6. The minimum atomic E-state index is -5.02. The Morgan fingerprint density at radius 2 is 1.05 bits per heavy atom. The van der Waals surface area contributed by atoms with Gasteiger partial charge in [-0.2, -0.15) is 0 Å². The third kappa shape index (κ3) is 6.15. The fraction of sp³-hybridized carbons (Fsp3) is 0.810. The van der Waals surface area contributed by atoms with E-state index in [1.165, 1.54) is 0 Å². The summed E-state index contributed by atoms with van der Waals surface area (Å²) in [7, 11) is -5.02. The summed E-state index contributed by atoms with van der Waals surface area (Å²) in [6.45, 7) is 5.98. The molecule has 6 fully saturated rings. The Hall–Kier alpha value is -0.890. The van der Waals surface area contributed by atoms with E-state index in [9.17, 15) is 49.1 Å². The summed E-state index contributed by atoms with van der Waals surface area (Å²) in [5.74, 6) is -1.72. The molecule has 304 valence electrons. The second-order valence-corrected chi connectivity index (χ2v) is 21.3. The van der Waals surface area contributed by atoms with Gasteiger partial charge >= 0.3 is 37.4 Å². The number of rotatable bonds is 8. The first-order valence-electron chi connectivity index (χ1n) is 20.6. The van der Waals surface area contributed by atoms with E-state index in [4.69, 9.17) is 9.05 Å². The van der Waals surface area contributed by atoms with Crippen LogP contribution in [0.2, 0.25) is 0 Å². The summed E-state index contributed by atoms with van der Waals surface area (Å²) in [4.78, 5) is 62.7. The molecule has 0 radical (unpaired) electrons. The number of carbonyl (C=O) groups excluding carboxylic acids is 4. The number of phosphoric acid groups is 1. The van der Waals surface area contributed by atoms with E-state index in [-0.39, 0.29) is 113 Å². The van der Waals surface area contributed by atoms with E-state index in [1.807, 2.05) is 13.8 Å². The average Bonchev–Trinajstić information content (AvgIpc) is 3.55. The normalized spacial score (nSPS) is 49.0. The molecule has 0 bridgehead atoms. The number of aliphatic hydroxyl groups excluding tert-OH is 2. The Kier molecular flexibility index (Phi) is 11.1. The minimum Gasteiger partial charge on any atom is -0.393 e. The Morgan fingerprint density at radius 1 is 0.679 bits per heavy atom. The van der Waals surface area contributed by atoms with E-state index in [0.29, 0.717) is 38.5 Å². The van der Waals surface area contributed by atoms with Crippen molar-refractivity contribution in [3.63, 3.8) is 0 Å². The maximum absolute atomic E-state index is 13.8. The van der Waals surface area contributed by atoms with Gasteiger partial charge in [0.05, 0.1) is 12.2 Å². The van der Waals surface area contributed by atoms with Gasteiger partial charge in [-0.1, -0.05) is 38.8 Å². The Balaban J connectivity index is 0.00000480. The number of hydrogen-bond acceptors (Lipinski definition) is 11. The van der Waals surface area contributed by atoms with E-state index >= 15 is 0 Å². The first-order chi connectivity index (χ1) is 25.6. The van der Waals surface area contributed by atoms with Crippen LogP contribution in [0, 0.1) is 57.2 Å². The molecule has 8 aliphatic carbocycles. The smallest absolute Gasteiger partial charge is 0.393 e. The van der Waals surface area contributed by atoms with Crippen LogP contribution in [0.3, 0.4) is 0 Å². The molecule has 5 N–H and O–H groups in total. The summed E-state index contributed by atoms with van der Waals surface area (Å²) in [6, 6.07) is 0. The van der Waals surface area contributed by atoms with Crippen molar-refractivity contribution < 1.29 is 87.7 Å². The summed E-state index contributed by atoms with van der Waals surface area (Å²) >= 11 is 0. The Bertz CT molecular complexity index is 1690. The van der Waals surface area contributed by atoms with Crippen LogP contribution < -0.4 is 29.6 Å². The molecular weight excluding hydrogens is 750 g/mol. The SMILES string of the molecule is C[C@]12CCC(=O)C=C1CC[C@@H]1[C@@H]2[C@@H](O)C[C@@]2(C)[C@H]1CC[C@]2(O)C(=O)COP(=O)(O)OCC(=O)[C@@]1(O)CC[C@H]2[C@@H]3CCC4=CC(=O)CC[C@]4(C)[C@H]3[C@@H](O)C[C@@]21C.[Na+]. The first kappa shape index (κ1) is 43.2. The molecule has 8 aliphatic rings. The van der Waals surface area contributed by atoms with Gasteiger partial charge < -0.3 is 25.3 Å². The predicted molar refractivity (Wildman–Crippen MR) is 198 cm³/mol. The zero-order valence-electron chi connectivity index (χ0n) is 33.6. The second-order valence-electron chi connectivity index (χ2n) is 19.8. The number of fused-ring (bicyclic) bond motifs is 10. The first-order valence-corrected chi connectivity index (χ1v) is 22.1. The molecule has 14 atom stereocenters. The maximum Gasteiger partial charge on any atom is 1.00 e. The molecule has 0 aliphatic heterocycles. The topological polar surface area (TPSA) is 205 Å². The van der Waals surface area contributed by atoms with Crippen molar-refractivity contribution in [2.75, 3.05) is 13.2 Å². The van der Waals surface area contributed by atoms with Gasteiger partial charge in [0.1, 0.15) is 24.4 Å². The summed E-state index contributed by atoms with van der Waals surface area (Å²) in [5, 5.41) is 47.4. The molecule has 0 aromatic rings. The third-order valence-electron chi connectivity index (χ3n) is 17.7. The van der Waals surface area contributed by atoms with Crippen LogP contribution in [0.25, 0.3) is 0 Å². The van der Waals surface area contributed by atoms with Crippen LogP contribution in [0.1, 0.15) is 118 Å². The largest absolute Gasteiger partial charge is 1.00 e. The van der Waals surface area contributed by atoms with Crippen LogP contribution in [-0.2, 0) is 32.8 Å². The number of hydrogen-bond donors (Lipinski definition) is 5. The van der Waals surface area contributed by atoms with Crippen molar-refractivity contribution in [2.24, 2.45) is 57.2 Å². The van der Waals surface area contributed by atoms with Gasteiger partial charge in [0, 0.05) is 23.7 Å². The summed E-state index contributed by atoms with van der Waals surface area (Å²) in [6.07, 6.45) is 8.54. The Labute approximate surface area is 351 Å². The van der Waals surface area contributed by atoms with Gasteiger partial charge in [-0.3, -0.25) is 28.2 Å². The molecule has 8 rings (SSSR count). The van der Waals surface area contributed by atoms with Crippen molar-refractivity contribution in [3.8, 4) is 0 Å². The average molecular weight is 810 g/mol. The van der Waals surface area contributed by atoms with Crippen LogP contribution in [0.4, 0.5) is 0 Å². The van der Waals surface area contributed by atoms with Crippen LogP contribution in [-0.4, -0.2) is 85.1 Å². The van der Waals surface area contributed by atoms with Gasteiger partial charge in [-0.15, -0.1) is 0 Å². The number of carbonyl (C=O) groups is 4. The molecule has 6 saturated carbocycles. The van der Waals surface area contributed by atoms with E-state index < -0.39 is 66.8 Å². The van der Waals surface area contributed by atoms with Crippen LogP contribution >= 0.6 is 7.82 Å². The molecule has 0 spiro atoms. The maximum atomic E-state index is 13.8. The number of Topliss-reactive ketones (excluding diaryl/α,β-unsaturated/α-hetero) is 2. The Morgan fingerprint density at radius 3 is 1.43 bits per heavy atom. The van der Waals surface area contributed by atoms with Crippen molar-refractivity contribution in [2.45, 2.75) is 141 Å². The van der Waals surface area contributed by atoms with Crippen molar-refractivity contribution >= 4 is 31.0 Å². The molecule has 14 heteroatoms. The van der Waals surface area contributed by atoms with E-state index in [2.05, 4.69) is 13.8 Å². The van der Waals surface area contributed by atoms with Crippen molar-refractivity contribution in [3.05, 3.63) is 23.3 Å². The number of phosphoric ester groups is 1. The molecule has 0 unspecified atom stereocenters. The van der Waals surface area contributed by atoms with Crippen LogP contribution in [0.5, 0.6) is 0 Å². The van der Waals surface area contributed by atoms with Gasteiger partial charge in [0.15, 0.2) is 23.1 Å². The zero-order chi connectivity index (χ0) is 39.7. The summed E-state index contributed by atoms with van der Waals surface area (Å²) in [5.41, 5.74) is -4.40. The van der Waals surface area contributed by atoms with E-state index in [1.54, 1.807) is 12.2 Å². The number of aliphatic hydroxyl groups is 4. The molecule has 12 nitrogen and oxygen atoms in total. The van der Waals surface area contributed by atoms with E-state index in [0.717, 1.165) is 36.8 Å². The quantitative estimate of drug-likeness (QED) is 0.176. The minimum absolute atomic E-state index is 0. The molecule has 0 aromatic heterocycles. The van der Waals surface area contributed by atoms with Crippen molar-refractivity contribution in [1.82, 2.24) is 0 Å². The van der Waals surface area contributed by atoms with Crippen molar-refractivity contribution in [1.29, 1.82) is 0 Å². The molecule has 0 aromatic carbocycles. The van der Waals surface area contributed by atoms with Gasteiger partial charge in [-0.25, -0.2) is 4.57 Å². The second kappa shape index (κ2) is 14.4. The zero-order valence-corrected chi connectivity index (χ0v) is 36.5. The number of ketones is 4.